The molecule has 11 heteroatoms. The molecule has 0 spiro atoms. The summed E-state index contributed by atoms with van der Waals surface area (Å²) in [5.41, 5.74) is -1.66. The first-order valence-electron chi connectivity index (χ1n) is 11.5. The van der Waals surface area contributed by atoms with Gasteiger partial charge in [0, 0.05) is 13.1 Å². The Labute approximate surface area is 198 Å². The second-order valence-electron chi connectivity index (χ2n) is 9.19. The zero-order valence-electron chi connectivity index (χ0n) is 19.6. The highest BCUT2D eigenvalue weighted by Gasteiger charge is 2.38. The molecule has 1 N–H and O–H groups in total. The number of alkyl halides is 3. The second-order valence-corrected chi connectivity index (χ2v) is 9.19. The average Bonchev–Trinajstić information content (AvgIpc) is 3.45. The predicted octanol–water partition coefficient (Wildman–Crippen LogP) is 5.08. The predicted molar refractivity (Wildman–Crippen MR) is 124 cm³/mol. The molecule has 184 valence electrons. The van der Waals surface area contributed by atoms with E-state index in [9.17, 15) is 18.0 Å². The van der Waals surface area contributed by atoms with Gasteiger partial charge in [0.25, 0.3) is 11.4 Å². The summed E-state index contributed by atoms with van der Waals surface area (Å²) < 4.78 is 48.3. The Hall–Kier alpha value is -3.63. The van der Waals surface area contributed by atoms with Crippen molar-refractivity contribution in [3.8, 4) is 22.6 Å². The number of hydrogen-bond donors (Lipinski definition) is 1. The summed E-state index contributed by atoms with van der Waals surface area (Å²) in [4.78, 5) is 19.7. The molecule has 3 heterocycles. The van der Waals surface area contributed by atoms with Crippen molar-refractivity contribution in [3.63, 3.8) is 0 Å². The molecule has 4 aromatic rings. The number of nitrogens with zero attached hydrogens (tertiary/aromatic N) is 5. The Bertz CT molecular complexity index is 1420. The Morgan fingerprint density at radius 2 is 1.89 bits per heavy atom. The summed E-state index contributed by atoms with van der Waals surface area (Å²) in [6, 6.07) is 8.53. The number of benzene rings is 1. The molecular weight excluding hydrogens is 461 g/mol. The number of aryl methyl sites for hydroxylation is 1. The van der Waals surface area contributed by atoms with Gasteiger partial charge in [-0.05, 0) is 31.2 Å². The summed E-state index contributed by atoms with van der Waals surface area (Å²) >= 11 is 0. The average molecular weight is 486 g/mol. The summed E-state index contributed by atoms with van der Waals surface area (Å²) in [5.74, 6) is 0.510. The molecule has 1 fully saturated rings. The van der Waals surface area contributed by atoms with Crippen molar-refractivity contribution in [1.82, 2.24) is 24.8 Å². The summed E-state index contributed by atoms with van der Waals surface area (Å²) in [5, 5.41) is 10.4. The number of nitrogens with one attached hydrogen (secondary N) is 1. The van der Waals surface area contributed by atoms with Crippen LogP contribution in [0, 0.1) is 12.8 Å². The van der Waals surface area contributed by atoms with Crippen LogP contribution in [0.1, 0.15) is 44.0 Å². The number of H-pyrrole nitrogens is 1. The van der Waals surface area contributed by atoms with Crippen molar-refractivity contribution in [1.29, 1.82) is 0 Å². The molecule has 0 amide bonds. The molecule has 0 aliphatic heterocycles. The van der Waals surface area contributed by atoms with E-state index in [1.807, 2.05) is 11.9 Å². The Morgan fingerprint density at radius 1 is 1.14 bits per heavy atom. The quantitative estimate of drug-likeness (QED) is 0.432. The van der Waals surface area contributed by atoms with Crippen molar-refractivity contribution in [2.45, 2.75) is 51.7 Å². The Kier molecular flexibility index (Phi) is 5.65. The monoisotopic (exact) mass is 486 g/mol. The Morgan fingerprint density at radius 3 is 2.57 bits per heavy atom. The minimum atomic E-state index is -4.73. The van der Waals surface area contributed by atoms with Gasteiger partial charge in [-0.3, -0.25) is 9.89 Å². The van der Waals surface area contributed by atoms with E-state index in [2.05, 4.69) is 27.2 Å². The number of rotatable bonds is 4. The van der Waals surface area contributed by atoms with Crippen molar-refractivity contribution in [2.75, 3.05) is 11.9 Å². The number of hydrogen-bond acceptors (Lipinski definition) is 6. The normalized spacial score (nSPS) is 18.8. The third-order valence-corrected chi connectivity index (χ3v) is 6.69. The fourth-order valence-electron chi connectivity index (χ4n) is 4.88. The van der Waals surface area contributed by atoms with Gasteiger partial charge in [-0.1, -0.05) is 55.2 Å². The van der Waals surface area contributed by atoms with Crippen molar-refractivity contribution >= 4 is 11.7 Å². The van der Waals surface area contributed by atoms with Gasteiger partial charge >= 0.3 is 12.2 Å². The largest absolute Gasteiger partial charge is 0.433 e. The van der Waals surface area contributed by atoms with Gasteiger partial charge in [0.1, 0.15) is 11.3 Å². The summed E-state index contributed by atoms with van der Waals surface area (Å²) in [6.07, 6.45) is -0.442. The lowest BCUT2D eigenvalue weighted by atomic mass is 9.86. The highest BCUT2D eigenvalue weighted by molar-refractivity contribution is 5.81. The van der Waals surface area contributed by atoms with Crippen LogP contribution in [0.15, 0.2) is 39.5 Å². The van der Waals surface area contributed by atoms with Crippen LogP contribution >= 0.6 is 0 Å². The van der Waals surface area contributed by atoms with Gasteiger partial charge in [0.2, 0.25) is 0 Å². The minimum absolute atomic E-state index is 0.0405. The van der Waals surface area contributed by atoms with Crippen molar-refractivity contribution < 1.29 is 17.6 Å². The maximum Gasteiger partial charge on any atom is 0.433 e. The topological polar surface area (TPSA) is 92.3 Å². The molecule has 1 aliphatic carbocycles. The molecule has 5 rings (SSSR count). The summed E-state index contributed by atoms with van der Waals surface area (Å²) in [6.45, 7) is 3.75. The molecule has 2 unspecified atom stereocenters. The van der Waals surface area contributed by atoms with E-state index in [0.29, 0.717) is 11.5 Å². The van der Waals surface area contributed by atoms with Gasteiger partial charge in [-0.2, -0.15) is 17.7 Å². The van der Waals surface area contributed by atoms with Gasteiger partial charge in [-0.15, -0.1) is 5.10 Å². The highest BCUT2D eigenvalue weighted by Crippen LogP contribution is 2.38. The van der Waals surface area contributed by atoms with E-state index in [4.69, 9.17) is 4.42 Å². The van der Waals surface area contributed by atoms with Crippen LogP contribution in [0.25, 0.3) is 28.2 Å². The van der Waals surface area contributed by atoms with Crippen molar-refractivity contribution in [3.05, 3.63) is 52.1 Å². The second kappa shape index (κ2) is 8.54. The smallest absolute Gasteiger partial charge is 0.403 e. The molecule has 0 saturated heterocycles. The van der Waals surface area contributed by atoms with Crippen LogP contribution in [0.5, 0.6) is 0 Å². The number of aromatic nitrogens is 5. The van der Waals surface area contributed by atoms with Gasteiger partial charge in [-0.25, -0.2) is 4.98 Å². The van der Waals surface area contributed by atoms with E-state index in [1.54, 1.807) is 37.3 Å². The molecular formula is C24H25F3N6O2. The molecule has 1 aliphatic rings. The molecule has 1 aromatic carbocycles. The zero-order chi connectivity index (χ0) is 24.9. The molecule has 1 saturated carbocycles. The molecule has 3 aromatic heterocycles. The first-order chi connectivity index (χ1) is 16.6. The fourth-order valence-corrected chi connectivity index (χ4v) is 4.88. The lowest BCUT2D eigenvalue weighted by Crippen LogP contribution is -2.35. The third-order valence-electron chi connectivity index (χ3n) is 6.69. The Balaban J connectivity index is 1.61. The lowest BCUT2D eigenvalue weighted by Gasteiger charge is -2.32. The first kappa shape index (κ1) is 23.1. The number of fused-ring (bicyclic) bond motifs is 1. The first-order valence-corrected chi connectivity index (χ1v) is 11.5. The minimum Gasteiger partial charge on any atom is -0.403 e. The van der Waals surface area contributed by atoms with Crippen LogP contribution < -0.4 is 10.5 Å². The standard InChI is InChI=1S/C24H25F3N6O2/c1-13-8-7-11-16(12-13)32(3)23-30-29-21(35-23)17-14(2)28-20-18(15-9-5-4-6-10-15)19(24(25,26)27)31-33(20)22(17)34/h4-6,9-10,13,16,31H,7-8,11-12H2,1-3H3. The van der Waals surface area contributed by atoms with Crippen molar-refractivity contribution in [2.24, 2.45) is 5.92 Å². The number of anilines is 1. The van der Waals surface area contributed by atoms with Crippen LogP contribution in [0.4, 0.5) is 19.2 Å². The van der Waals surface area contributed by atoms with E-state index in [0.717, 1.165) is 23.8 Å². The van der Waals surface area contributed by atoms with Crippen LogP contribution in [-0.2, 0) is 6.18 Å². The van der Waals surface area contributed by atoms with E-state index in [1.165, 1.54) is 6.42 Å². The molecule has 0 radical (unpaired) electrons. The molecule has 35 heavy (non-hydrogen) atoms. The van der Waals surface area contributed by atoms with Crippen LogP contribution in [0.3, 0.4) is 0 Å². The van der Waals surface area contributed by atoms with Gasteiger partial charge in [0.15, 0.2) is 5.65 Å². The SMILES string of the molecule is Cc1nc2c(-c3ccccc3)c(C(F)(F)F)[nH]n2c(=O)c1-c1nnc(N(C)C2CCCC(C)C2)o1. The van der Waals surface area contributed by atoms with Gasteiger partial charge < -0.3 is 9.32 Å². The number of halogens is 3. The van der Waals surface area contributed by atoms with Crippen LogP contribution in [-0.4, -0.2) is 37.9 Å². The molecule has 0 bridgehead atoms. The van der Waals surface area contributed by atoms with E-state index in [-0.39, 0.29) is 40.4 Å². The third kappa shape index (κ3) is 4.08. The highest BCUT2D eigenvalue weighted by atomic mass is 19.4. The zero-order valence-corrected chi connectivity index (χ0v) is 19.6. The number of aromatic amines is 1. The maximum atomic E-state index is 13.9. The maximum absolute atomic E-state index is 13.9. The molecule has 2 atom stereocenters. The van der Waals surface area contributed by atoms with Gasteiger partial charge in [0.05, 0.1) is 11.3 Å². The summed E-state index contributed by atoms with van der Waals surface area (Å²) in [7, 11) is 1.87. The lowest BCUT2D eigenvalue weighted by molar-refractivity contribution is -0.140. The molecule has 8 nitrogen and oxygen atoms in total. The fraction of sp³-hybridized carbons (Fsp3) is 0.417. The van der Waals surface area contributed by atoms with Crippen LogP contribution in [0.2, 0.25) is 0 Å². The van der Waals surface area contributed by atoms with E-state index >= 15 is 0 Å². The van der Waals surface area contributed by atoms with E-state index < -0.39 is 17.4 Å².